The van der Waals surface area contributed by atoms with E-state index < -0.39 is 0 Å². The van der Waals surface area contributed by atoms with E-state index in [0.717, 1.165) is 28.6 Å². The van der Waals surface area contributed by atoms with Crippen LogP contribution in [0.5, 0.6) is 5.75 Å². The molecule has 0 aliphatic carbocycles. The SMILES string of the molecule is COCCOc1cccc(CNc2cc(Cl)ccc2C)c1. The summed E-state index contributed by atoms with van der Waals surface area (Å²) < 4.78 is 10.6. The number of rotatable bonds is 7. The van der Waals surface area contributed by atoms with E-state index in [1.54, 1.807) is 7.11 Å². The molecule has 0 aromatic heterocycles. The fraction of sp³-hybridized carbons (Fsp3) is 0.294. The molecular formula is C17H20ClNO2. The number of nitrogens with one attached hydrogen (secondary N) is 1. The van der Waals surface area contributed by atoms with Gasteiger partial charge in [-0.25, -0.2) is 0 Å². The highest BCUT2D eigenvalue weighted by Gasteiger charge is 2.01. The van der Waals surface area contributed by atoms with Crippen molar-refractivity contribution in [1.82, 2.24) is 0 Å². The molecule has 0 radical (unpaired) electrons. The number of aryl methyl sites for hydroxylation is 1. The predicted molar refractivity (Wildman–Crippen MR) is 87.3 cm³/mol. The van der Waals surface area contributed by atoms with Gasteiger partial charge in [-0.05, 0) is 42.3 Å². The van der Waals surface area contributed by atoms with Crippen LogP contribution in [0.2, 0.25) is 5.02 Å². The third-order valence-electron chi connectivity index (χ3n) is 3.14. The van der Waals surface area contributed by atoms with E-state index in [1.807, 2.05) is 36.4 Å². The summed E-state index contributed by atoms with van der Waals surface area (Å²) in [6, 6.07) is 13.9. The standard InChI is InChI=1S/C17H20ClNO2/c1-13-6-7-15(18)11-17(13)19-12-14-4-3-5-16(10-14)21-9-8-20-2/h3-7,10-11,19H,8-9,12H2,1-2H3. The Hall–Kier alpha value is -1.71. The smallest absolute Gasteiger partial charge is 0.119 e. The van der Waals surface area contributed by atoms with E-state index in [9.17, 15) is 0 Å². The van der Waals surface area contributed by atoms with Crippen LogP contribution in [0.25, 0.3) is 0 Å². The van der Waals surface area contributed by atoms with Crippen molar-refractivity contribution in [2.45, 2.75) is 13.5 Å². The molecule has 21 heavy (non-hydrogen) atoms. The lowest BCUT2D eigenvalue weighted by molar-refractivity contribution is 0.146. The molecule has 0 atom stereocenters. The second kappa shape index (κ2) is 7.91. The van der Waals surface area contributed by atoms with Crippen LogP contribution in [0.3, 0.4) is 0 Å². The number of methoxy groups -OCH3 is 1. The molecule has 0 heterocycles. The fourth-order valence-corrected chi connectivity index (χ4v) is 2.14. The van der Waals surface area contributed by atoms with Crippen molar-refractivity contribution in [3.8, 4) is 5.75 Å². The first-order chi connectivity index (χ1) is 10.2. The molecule has 2 rings (SSSR count). The quantitative estimate of drug-likeness (QED) is 0.774. The maximum Gasteiger partial charge on any atom is 0.119 e. The topological polar surface area (TPSA) is 30.5 Å². The molecule has 112 valence electrons. The van der Waals surface area contributed by atoms with Crippen LogP contribution in [0.15, 0.2) is 42.5 Å². The summed E-state index contributed by atoms with van der Waals surface area (Å²) in [5, 5.41) is 4.14. The number of hydrogen-bond acceptors (Lipinski definition) is 3. The minimum atomic E-state index is 0.556. The van der Waals surface area contributed by atoms with Crippen LogP contribution >= 0.6 is 11.6 Å². The molecule has 2 aromatic rings. The average molecular weight is 306 g/mol. The van der Waals surface area contributed by atoms with Gasteiger partial charge >= 0.3 is 0 Å². The first-order valence-electron chi connectivity index (χ1n) is 6.90. The summed E-state index contributed by atoms with van der Waals surface area (Å²) in [4.78, 5) is 0. The minimum absolute atomic E-state index is 0.556. The molecule has 0 aliphatic heterocycles. The van der Waals surface area contributed by atoms with Crippen LogP contribution in [0, 0.1) is 6.92 Å². The van der Waals surface area contributed by atoms with Crippen LogP contribution in [-0.2, 0) is 11.3 Å². The van der Waals surface area contributed by atoms with Gasteiger partial charge in [-0.3, -0.25) is 0 Å². The minimum Gasteiger partial charge on any atom is -0.491 e. The molecule has 3 nitrogen and oxygen atoms in total. The van der Waals surface area contributed by atoms with E-state index in [1.165, 1.54) is 5.56 Å². The fourth-order valence-electron chi connectivity index (χ4n) is 1.97. The second-order valence-corrected chi connectivity index (χ2v) is 5.24. The van der Waals surface area contributed by atoms with Crippen LogP contribution < -0.4 is 10.1 Å². The van der Waals surface area contributed by atoms with Gasteiger partial charge in [-0.2, -0.15) is 0 Å². The molecule has 0 saturated carbocycles. The normalized spacial score (nSPS) is 10.4. The lowest BCUT2D eigenvalue weighted by Gasteiger charge is -2.11. The van der Waals surface area contributed by atoms with Gasteiger partial charge in [-0.1, -0.05) is 29.8 Å². The average Bonchev–Trinajstić information content (AvgIpc) is 2.49. The van der Waals surface area contributed by atoms with Crippen molar-refractivity contribution < 1.29 is 9.47 Å². The predicted octanol–water partition coefficient (Wildman–Crippen LogP) is 4.29. The first kappa shape index (κ1) is 15.7. The number of hydrogen-bond donors (Lipinski definition) is 1. The van der Waals surface area contributed by atoms with E-state index in [4.69, 9.17) is 21.1 Å². The lowest BCUT2D eigenvalue weighted by Crippen LogP contribution is -2.05. The van der Waals surface area contributed by atoms with E-state index in [2.05, 4.69) is 18.3 Å². The van der Waals surface area contributed by atoms with Gasteiger partial charge in [-0.15, -0.1) is 0 Å². The third kappa shape index (κ3) is 4.96. The van der Waals surface area contributed by atoms with Crippen molar-refractivity contribution >= 4 is 17.3 Å². The van der Waals surface area contributed by atoms with Gasteiger partial charge in [0.15, 0.2) is 0 Å². The van der Waals surface area contributed by atoms with Crippen LogP contribution in [0.1, 0.15) is 11.1 Å². The zero-order chi connectivity index (χ0) is 15.1. The first-order valence-corrected chi connectivity index (χ1v) is 7.27. The Morgan fingerprint density at radius 1 is 1.10 bits per heavy atom. The van der Waals surface area contributed by atoms with Crippen molar-refractivity contribution in [2.24, 2.45) is 0 Å². The zero-order valence-electron chi connectivity index (χ0n) is 12.4. The molecule has 0 unspecified atom stereocenters. The third-order valence-corrected chi connectivity index (χ3v) is 3.37. The molecular weight excluding hydrogens is 286 g/mol. The highest BCUT2D eigenvalue weighted by Crippen LogP contribution is 2.21. The van der Waals surface area contributed by atoms with Gasteiger partial charge in [0.25, 0.3) is 0 Å². The Balaban J connectivity index is 1.96. The largest absolute Gasteiger partial charge is 0.491 e. The van der Waals surface area contributed by atoms with E-state index >= 15 is 0 Å². The molecule has 2 aromatic carbocycles. The van der Waals surface area contributed by atoms with Gasteiger partial charge in [0.05, 0.1) is 6.61 Å². The number of ether oxygens (including phenoxy) is 2. The summed E-state index contributed by atoms with van der Waals surface area (Å²) in [5.74, 6) is 0.856. The highest BCUT2D eigenvalue weighted by atomic mass is 35.5. The maximum atomic E-state index is 6.02. The number of halogens is 1. The van der Waals surface area contributed by atoms with E-state index in [-0.39, 0.29) is 0 Å². The summed E-state index contributed by atoms with van der Waals surface area (Å²) in [5.41, 5.74) is 3.38. The van der Waals surface area contributed by atoms with Crippen molar-refractivity contribution in [1.29, 1.82) is 0 Å². The molecule has 0 spiro atoms. The summed E-state index contributed by atoms with van der Waals surface area (Å²) in [6.07, 6.45) is 0. The van der Waals surface area contributed by atoms with Crippen molar-refractivity contribution in [3.05, 3.63) is 58.6 Å². The molecule has 0 fully saturated rings. The summed E-state index contributed by atoms with van der Waals surface area (Å²) in [6.45, 7) is 3.93. The number of anilines is 1. The molecule has 0 aliphatic rings. The van der Waals surface area contributed by atoms with Crippen LogP contribution in [0.4, 0.5) is 5.69 Å². The van der Waals surface area contributed by atoms with Crippen LogP contribution in [-0.4, -0.2) is 20.3 Å². The summed E-state index contributed by atoms with van der Waals surface area (Å²) in [7, 11) is 1.66. The van der Waals surface area contributed by atoms with Gasteiger partial charge < -0.3 is 14.8 Å². The Morgan fingerprint density at radius 2 is 1.95 bits per heavy atom. The molecule has 4 heteroatoms. The maximum absolute atomic E-state index is 6.02. The molecule has 1 N–H and O–H groups in total. The van der Waals surface area contributed by atoms with Crippen molar-refractivity contribution in [3.63, 3.8) is 0 Å². The second-order valence-electron chi connectivity index (χ2n) is 4.80. The monoisotopic (exact) mass is 305 g/mol. The number of benzene rings is 2. The van der Waals surface area contributed by atoms with E-state index in [0.29, 0.717) is 13.2 Å². The molecule has 0 bridgehead atoms. The van der Waals surface area contributed by atoms with Gasteiger partial charge in [0, 0.05) is 24.4 Å². The Morgan fingerprint density at radius 3 is 2.76 bits per heavy atom. The Bertz CT molecular complexity index is 587. The zero-order valence-corrected chi connectivity index (χ0v) is 13.1. The van der Waals surface area contributed by atoms with Gasteiger partial charge in [0.2, 0.25) is 0 Å². The Labute approximate surface area is 130 Å². The molecule has 0 amide bonds. The lowest BCUT2D eigenvalue weighted by atomic mass is 10.1. The van der Waals surface area contributed by atoms with Crippen molar-refractivity contribution in [2.75, 3.05) is 25.6 Å². The van der Waals surface area contributed by atoms with Gasteiger partial charge in [0.1, 0.15) is 12.4 Å². The molecule has 0 saturated heterocycles. The summed E-state index contributed by atoms with van der Waals surface area (Å²) >= 11 is 6.02. The highest BCUT2D eigenvalue weighted by molar-refractivity contribution is 6.30. The Kier molecular flexibility index (Phi) is 5.90.